The maximum absolute atomic E-state index is 12.0. The molecule has 0 saturated heterocycles. The lowest BCUT2D eigenvalue weighted by Gasteiger charge is -2.09. The summed E-state index contributed by atoms with van der Waals surface area (Å²) in [7, 11) is 0. The first-order valence-corrected chi connectivity index (χ1v) is 7.80. The summed E-state index contributed by atoms with van der Waals surface area (Å²) in [5.41, 5.74) is 5.93. The second-order valence-corrected chi connectivity index (χ2v) is 5.90. The smallest absolute Gasteiger partial charge is 0.270 e. The molecule has 0 spiro atoms. The molecular weight excluding hydrogens is 359 g/mol. The number of nitrogens with one attached hydrogen (secondary N) is 1. The average molecular weight is 381 g/mol. The van der Waals surface area contributed by atoms with Crippen LogP contribution in [-0.2, 0) is 13.0 Å². The predicted octanol–water partition coefficient (Wildman–Crippen LogP) is 1.63. The highest BCUT2D eigenvalue weighted by molar-refractivity contribution is 7.09. The number of hydrogen-bond donors (Lipinski definition) is 2. The number of carbonyl (C=O) groups is 1. The Bertz CT molecular complexity index is 601. The minimum Gasteiger partial charge on any atom is -0.349 e. The summed E-state index contributed by atoms with van der Waals surface area (Å²) >= 11 is 1.46. The Balaban J connectivity index is 0.00000242. The Morgan fingerprint density at radius 2 is 2.17 bits per heavy atom. The number of thiazole rings is 1. The Morgan fingerprint density at radius 3 is 2.83 bits per heavy atom. The number of nitrogens with two attached hydrogens (primary N) is 1. The van der Waals surface area contributed by atoms with Crippen LogP contribution in [0.25, 0.3) is 0 Å². The van der Waals surface area contributed by atoms with Crippen LogP contribution in [-0.4, -0.2) is 38.7 Å². The Morgan fingerprint density at radius 1 is 1.43 bits per heavy atom. The summed E-state index contributed by atoms with van der Waals surface area (Å²) in [5, 5.41) is 13.5. The molecule has 0 aliphatic carbocycles. The summed E-state index contributed by atoms with van der Waals surface area (Å²) in [6.07, 6.45) is 2.39. The molecule has 0 aliphatic rings. The molecular formula is C13H22Cl2N6OS. The van der Waals surface area contributed by atoms with E-state index >= 15 is 0 Å². The molecule has 1 amide bonds. The molecule has 0 saturated carbocycles. The van der Waals surface area contributed by atoms with Crippen LogP contribution in [0.2, 0.25) is 0 Å². The molecule has 0 fully saturated rings. The van der Waals surface area contributed by atoms with Crippen LogP contribution in [0.3, 0.4) is 0 Å². The molecule has 2 rings (SSSR count). The Hall–Kier alpha value is -1.22. The van der Waals surface area contributed by atoms with Crippen LogP contribution in [0, 0.1) is 0 Å². The van der Waals surface area contributed by atoms with E-state index in [0.29, 0.717) is 37.7 Å². The molecule has 130 valence electrons. The summed E-state index contributed by atoms with van der Waals surface area (Å²) in [5.74, 6) is 1.07. The Kier molecular flexibility index (Phi) is 9.98. The Labute approximate surface area is 151 Å². The van der Waals surface area contributed by atoms with Gasteiger partial charge in [-0.15, -0.1) is 46.3 Å². The van der Waals surface area contributed by atoms with Gasteiger partial charge < -0.3 is 15.6 Å². The molecule has 0 radical (unpaired) electrons. The fourth-order valence-corrected chi connectivity index (χ4v) is 2.71. The lowest BCUT2D eigenvalue weighted by Crippen LogP contribution is -2.28. The van der Waals surface area contributed by atoms with Gasteiger partial charge in [-0.1, -0.05) is 13.8 Å². The molecule has 0 unspecified atom stereocenters. The van der Waals surface area contributed by atoms with Gasteiger partial charge in [0.15, 0.2) is 0 Å². The number of nitrogens with zero attached hydrogens (tertiary/aromatic N) is 4. The van der Waals surface area contributed by atoms with Gasteiger partial charge in [-0.25, -0.2) is 4.98 Å². The van der Waals surface area contributed by atoms with E-state index in [0.717, 1.165) is 10.8 Å². The highest BCUT2D eigenvalue weighted by Crippen LogP contribution is 2.11. The molecule has 2 aromatic rings. The minimum absolute atomic E-state index is 0. The first kappa shape index (κ1) is 21.8. The van der Waals surface area contributed by atoms with E-state index in [1.54, 1.807) is 11.7 Å². The standard InChI is InChI=1S/C13H20N6OS.2ClH/c1-9(2)12-18-16-8-19(12)6-5-15-13(20)10-7-21-11(17-10)3-4-14;;/h7-9H,3-6,14H2,1-2H3,(H,15,20);2*1H. The number of halogens is 2. The van der Waals surface area contributed by atoms with Gasteiger partial charge in [-0.05, 0) is 6.54 Å². The monoisotopic (exact) mass is 380 g/mol. The summed E-state index contributed by atoms with van der Waals surface area (Å²) < 4.78 is 1.95. The van der Waals surface area contributed by atoms with E-state index in [1.807, 2.05) is 4.57 Å². The quantitative estimate of drug-likeness (QED) is 0.760. The number of amides is 1. The zero-order valence-electron chi connectivity index (χ0n) is 13.1. The van der Waals surface area contributed by atoms with Crippen LogP contribution >= 0.6 is 36.2 Å². The van der Waals surface area contributed by atoms with E-state index in [1.165, 1.54) is 11.3 Å². The van der Waals surface area contributed by atoms with Crippen LogP contribution < -0.4 is 11.1 Å². The molecule has 3 N–H and O–H groups in total. The molecule has 2 heterocycles. The number of rotatable bonds is 7. The third-order valence-electron chi connectivity index (χ3n) is 2.94. The number of aromatic nitrogens is 4. The largest absolute Gasteiger partial charge is 0.349 e. The SMILES string of the molecule is CC(C)c1nncn1CCNC(=O)c1csc(CCN)n1.Cl.Cl. The first-order chi connectivity index (χ1) is 10.1. The predicted molar refractivity (Wildman–Crippen MR) is 95.8 cm³/mol. The second kappa shape index (κ2) is 10.5. The summed E-state index contributed by atoms with van der Waals surface area (Å²) in [6.45, 7) is 5.83. The van der Waals surface area contributed by atoms with Crippen molar-refractivity contribution in [2.75, 3.05) is 13.1 Å². The van der Waals surface area contributed by atoms with Crippen LogP contribution in [0.5, 0.6) is 0 Å². The molecule has 0 aliphatic heterocycles. The van der Waals surface area contributed by atoms with Crippen molar-refractivity contribution >= 4 is 42.1 Å². The van der Waals surface area contributed by atoms with Crippen molar-refractivity contribution < 1.29 is 4.79 Å². The maximum Gasteiger partial charge on any atom is 0.270 e. The van der Waals surface area contributed by atoms with E-state index in [2.05, 4.69) is 34.3 Å². The average Bonchev–Trinajstić information content (AvgIpc) is 3.08. The molecule has 23 heavy (non-hydrogen) atoms. The van der Waals surface area contributed by atoms with Crippen molar-refractivity contribution in [1.82, 2.24) is 25.1 Å². The van der Waals surface area contributed by atoms with Crippen molar-refractivity contribution in [3.05, 3.63) is 28.2 Å². The van der Waals surface area contributed by atoms with Crippen molar-refractivity contribution in [2.24, 2.45) is 5.73 Å². The van der Waals surface area contributed by atoms with Crippen molar-refractivity contribution in [2.45, 2.75) is 32.7 Å². The molecule has 0 aromatic carbocycles. The van der Waals surface area contributed by atoms with Crippen LogP contribution in [0.1, 0.15) is 41.1 Å². The third kappa shape index (κ3) is 6.06. The van der Waals surface area contributed by atoms with Crippen molar-refractivity contribution in [3.63, 3.8) is 0 Å². The van der Waals surface area contributed by atoms with Gasteiger partial charge in [0.25, 0.3) is 5.91 Å². The lowest BCUT2D eigenvalue weighted by atomic mass is 10.2. The van der Waals surface area contributed by atoms with E-state index in [4.69, 9.17) is 5.73 Å². The normalized spacial score (nSPS) is 10.1. The molecule has 0 atom stereocenters. The summed E-state index contributed by atoms with van der Waals surface area (Å²) in [6, 6.07) is 0. The minimum atomic E-state index is -0.159. The van der Waals surface area contributed by atoms with Crippen molar-refractivity contribution in [1.29, 1.82) is 0 Å². The zero-order chi connectivity index (χ0) is 15.2. The van der Waals surface area contributed by atoms with E-state index < -0.39 is 0 Å². The maximum atomic E-state index is 12.0. The second-order valence-electron chi connectivity index (χ2n) is 4.96. The highest BCUT2D eigenvalue weighted by atomic mass is 35.5. The van der Waals surface area contributed by atoms with Gasteiger partial charge in [0, 0.05) is 30.8 Å². The third-order valence-corrected chi connectivity index (χ3v) is 3.85. The first-order valence-electron chi connectivity index (χ1n) is 6.92. The van der Waals surface area contributed by atoms with Gasteiger partial charge >= 0.3 is 0 Å². The van der Waals surface area contributed by atoms with Gasteiger partial charge in [-0.3, -0.25) is 4.79 Å². The van der Waals surface area contributed by atoms with E-state index in [-0.39, 0.29) is 30.7 Å². The molecule has 0 bridgehead atoms. The van der Waals surface area contributed by atoms with Gasteiger partial charge in [-0.2, -0.15) is 0 Å². The molecule has 7 nitrogen and oxygen atoms in total. The van der Waals surface area contributed by atoms with Crippen LogP contribution in [0.4, 0.5) is 0 Å². The molecule has 2 aromatic heterocycles. The molecule has 10 heteroatoms. The van der Waals surface area contributed by atoms with Gasteiger partial charge in [0.2, 0.25) is 0 Å². The number of carbonyl (C=O) groups excluding carboxylic acids is 1. The highest BCUT2D eigenvalue weighted by Gasteiger charge is 2.11. The number of hydrogen-bond acceptors (Lipinski definition) is 6. The van der Waals surface area contributed by atoms with Crippen molar-refractivity contribution in [3.8, 4) is 0 Å². The van der Waals surface area contributed by atoms with E-state index in [9.17, 15) is 4.79 Å². The fraction of sp³-hybridized carbons (Fsp3) is 0.538. The lowest BCUT2D eigenvalue weighted by molar-refractivity contribution is 0.0947. The van der Waals surface area contributed by atoms with Crippen LogP contribution in [0.15, 0.2) is 11.7 Å². The summed E-state index contributed by atoms with van der Waals surface area (Å²) in [4.78, 5) is 16.2. The zero-order valence-corrected chi connectivity index (χ0v) is 15.5. The topological polar surface area (TPSA) is 98.7 Å². The van der Waals surface area contributed by atoms with Gasteiger partial charge in [0.1, 0.15) is 17.8 Å². The van der Waals surface area contributed by atoms with Gasteiger partial charge in [0.05, 0.1) is 5.01 Å². The fourth-order valence-electron chi connectivity index (χ4n) is 1.92.